The average molecular weight is 236 g/mol. The van der Waals surface area contributed by atoms with Crippen molar-refractivity contribution in [1.82, 2.24) is 0 Å². The van der Waals surface area contributed by atoms with Crippen LogP contribution < -0.4 is 0 Å². The zero-order chi connectivity index (χ0) is 10.8. The number of ether oxygens (including phenoxy) is 1. The van der Waals surface area contributed by atoms with Crippen LogP contribution in [-0.4, -0.2) is 29.8 Å². The Balaban J connectivity index is 0.000000280. The Kier molecular flexibility index (Phi) is 10.7. The monoisotopic (exact) mass is 236 g/mol. The molecule has 1 heterocycles. The largest absolute Gasteiger partial charge is 0.381 e. The van der Waals surface area contributed by atoms with Gasteiger partial charge in [-0.15, -0.1) is 0 Å². The Hall–Kier alpha value is 0.660. The van der Waals surface area contributed by atoms with Crippen LogP contribution >= 0.6 is 23.5 Å². The van der Waals surface area contributed by atoms with Crippen LogP contribution in [0.5, 0.6) is 0 Å². The van der Waals surface area contributed by atoms with E-state index in [0.29, 0.717) is 11.8 Å². The second-order valence-electron chi connectivity index (χ2n) is 4.26. The summed E-state index contributed by atoms with van der Waals surface area (Å²) in [5, 5.41) is 1.33. The van der Waals surface area contributed by atoms with E-state index in [1.165, 1.54) is 16.6 Å². The molecule has 0 saturated carbocycles. The lowest BCUT2D eigenvalue weighted by molar-refractivity contribution is 0.0886. The molecule has 0 aromatic heterocycles. The fraction of sp³-hybridized carbons (Fsp3) is 1.00. The molecule has 1 nitrogen and oxygen atoms in total. The second-order valence-corrected chi connectivity index (χ2v) is 6.84. The molecule has 3 heteroatoms. The maximum absolute atomic E-state index is 5.36. The molecule has 0 aromatic rings. The number of hydrogen-bond acceptors (Lipinski definition) is 3. The highest BCUT2D eigenvalue weighted by Crippen LogP contribution is 2.20. The summed E-state index contributed by atoms with van der Waals surface area (Å²) in [6, 6.07) is 0. The average Bonchev–Trinajstić information content (AvgIpc) is 2.58. The predicted octanol–water partition coefficient (Wildman–Crippen LogP) is 3.74. The topological polar surface area (TPSA) is 9.23 Å². The van der Waals surface area contributed by atoms with Crippen LogP contribution in [-0.2, 0) is 4.74 Å². The molecule has 1 rings (SSSR count). The highest BCUT2D eigenvalue weighted by Gasteiger charge is 1.96. The Labute approximate surface area is 97.7 Å². The molecule has 1 aliphatic heterocycles. The van der Waals surface area contributed by atoms with Crippen LogP contribution in [0.15, 0.2) is 0 Å². The Morgan fingerprint density at radius 1 is 0.929 bits per heavy atom. The molecule has 86 valence electrons. The molecule has 1 aliphatic rings. The highest BCUT2D eigenvalue weighted by molar-refractivity contribution is 8.19. The minimum Gasteiger partial charge on any atom is -0.381 e. The minimum atomic E-state index is 0.670. The first-order chi connectivity index (χ1) is 6.63. The normalized spacial score (nSPS) is 15.9. The van der Waals surface area contributed by atoms with Crippen LogP contribution in [0.3, 0.4) is 0 Å². The Morgan fingerprint density at radius 3 is 1.57 bits per heavy atom. The zero-order valence-corrected chi connectivity index (χ0v) is 11.5. The summed E-state index contributed by atoms with van der Waals surface area (Å²) in [6.45, 7) is 10.5. The van der Waals surface area contributed by atoms with Crippen molar-refractivity contribution in [2.45, 2.75) is 27.7 Å². The fourth-order valence-electron chi connectivity index (χ4n) is 0.834. The molecule has 0 radical (unpaired) electrons. The lowest BCUT2D eigenvalue weighted by Crippen LogP contribution is -2.06. The van der Waals surface area contributed by atoms with E-state index in [9.17, 15) is 0 Å². The number of thioether (sulfide) groups is 2. The van der Waals surface area contributed by atoms with Gasteiger partial charge in [-0.1, -0.05) is 27.7 Å². The standard InChI is InChI=1S/C8H18O.C3H6S2/c1-7(2)5-9-6-8(3)4;1-2-5-3-4-1/h7-8H,5-6H2,1-4H3;1-3H2. The second kappa shape index (κ2) is 10.2. The fourth-order valence-corrected chi connectivity index (χ4v) is 3.19. The molecule has 0 N–H and O–H groups in total. The Morgan fingerprint density at radius 2 is 1.36 bits per heavy atom. The zero-order valence-electron chi connectivity index (χ0n) is 9.91. The van der Waals surface area contributed by atoms with Gasteiger partial charge in [0.15, 0.2) is 0 Å². The van der Waals surface area contributed by atoms with Gasteiger partial charge in [0.2, 0.25) is 0 Å². The quantitative estimate of drug-likeness (QED) is 0.736. The van der Waals surface area contributed by atoms with Gasteiger partial charge < -0.3 is 4.74 Å². The summed E-state index contributed by atoms with van der Waals surface area (Å²) in [6.07, 6.45) is 0. The van der Waals surface area contributed by atoms with Gasteiger partial charge in [0, 0.05) is 29.8 Å². The molecule has 14 heavy (non-hydrogen) atoms. The minimum absolute atomic E-state index is 0.670. The van der Waals surface area contributed by atoms with E-state index in [1.807, 2.05) is 23.5 Å². The van der Waals surface area contributed by atoms with Crippen LogP contribution in [0.2, 0.25) is 0 Å². The van der Waals surface area contributed by atoms with E-state index in [2.05, 4.69) is 27.7 Å². The molecule has 0 aromatic carbocycles. The van der Waals surface area contributed by atoms with Crippen molar-refractivity contribution in [2.24, 2.45) is 11.8 Å². The Bertz CT molecular complexity index is 96.2. The molecule has 0 bridgehead atoms. The molecule has 0 atom stereocenters. The molecule has 0 unspecified atom stereocenters. The lowest BCUT2D eigenvalue weighted by atomic mass is 10.2. The van der Waals surface area contributed by atoms with Crippen molar-refractivity contribution >= 4 is 23.5 Å². The van der Waals surface area contributed by atoms with Crippen molar-refractivity contribution in [1.29, 1.82) is 0 Å². The molecule has 0 amide bonds. The third-order valence-corrected chi connectivity index (χ3v) is 4.02. The smallest absolute Gasteiger partial charge is 0.0489 e. The summed E-state index contributed by atoms with van der Waals surface area (Å²) in [4.78, 5) is 0. The van der Waals surface area contributed by atoms with Crippen molar-refractivity contribution in [3.05, 3.63) is 0 Å². The third-order valence-electron chi connectivity index (χ3n) is 1.44. The molecular weight excluding hydrogens is 212 g/mol. The van der Waals surface area contributed by atoms with Gasteiger partial charge in [-0.3, -0.25) is 0 Å². The summed E-state index contributed by atoms with van der Waals surface area (Å²) in [5.41, 5.74) is 0. The predicted molar refractivity (Wildman–Crippen MR) is 70.3 cm³/mol. The molecular formula is C11H24OS2. The van der Waals surface area contributed by atoms with E-state index in [-0.39, 0.29) is 0 Å². The van der Waals surface area contributed by atoms with Crippen LogP contribution in [0.4, 0.5) is 0 Å². The van der Waals surface area contributed by atoms with Gasteiger partial charge in [-0.05, 0) is 11.8 Å². The van der Waals surface area contributed by atoms with E-state index >= 15 is 0 Å². The first kappa shape index (κ1) is 14.7. The number of rotatable bonds is 4. The lowest BCUT2D eigenvalue weighted by Gasteiger charge is -2.07. The van der Waals surface area contributed by atoms with Crippen molar-refractivity contribution in [3.8, 4) is 0 Å². The first-order valence-corrected chi connectivity index (χ1v) is 7.67. The summed E-state index contributed by atoms with van der Waals surface area (Å²) in [5.74, 6) is 4.10. The summed E-state index contributed by atoms with van der Waals surface area (Å²) >= 11 is 4.07. The maximum atomic E-state index is 5.36. The van der Waals surface area contributed by atoms with Gasteiger partial charge in [-0.25, -0.2) is 0 Å². The number of hydrogen-bond donors (Lipinski definition) is 0. The van der Waals surface area contributed by atoms with Gasteiger partial charge in [0.25, 0.3) is 0 Å². The van der Waals surface area contributed by atoms with E-state index in [4.69, 9.17) is 4.74 Å². The molecule has 1 fully saturated rings. The van der Waals surface area contributed by atoms with Gasteiger partial charge in [-0.2, -0.15) is 23.5 Å². The SMILES string of the molecule is C1CSCS1.CC(C)COCC(C)C. The van der Waals surface area contributed by atoms with E-state index < -0.39 is 0 Å². The molecule has 0 aliphatic carbocycles. The third kappa shape index (κ3) is 12.7. The van der Waals surface area contributed by atoms with Gasteiger partial charge >= 0.3 is 0 Å². The molecule has 1 saturated heterocycles. The van der Waals surface area contributed by atoms with Crippen molar-refractivity contribution in [2.75, 3.05) is 29.8 Å². The van der Waals surface area contributed by atoms with E-state index in [0.717, 1.165) is 13.2 Å². The first-order valence-electron chi connectivity index (χ1n) is 5.36. The van der Waals surface area contributed by atoms with Crippen LogP contribution in [0.25, 0.3) is 0 Å². The van der Waals surface area contributed by atoms with E-state index in [1.54, 1.807) is 0 Å². The van der Waals surface area contributed by atoms with Crippen LogP contribution in [0.1, 0.15) is 27.7 Å². The summed E-state index contributed by atoms with van der Waals surface area (Å²) in [7, 11) is 0. The van der Waals surface area contributed by atoms with Crippen LogP contribution in [0, 0.1) is 11.8 Å². The highest BCUT2D eigenvalue weighted by atomic mass is 32.2. The van der Waals surface area contributed by atoms with Gasteiger partial charge in [0.1, 0.15) is 0 Å². The van der Waals surface area contributed by atoms with Gasteiger partial charge in [0.05, 0.1) is 0 Å². The summed E-state index contributed by atoms with van der Waals surface area (Å²) < 4.78 is 5.36. The van der Waals surface area contributed by atoms with Crippen molar-refractivity contribution in [3.63, 3.8) is 0 Å². The maximum Gasteiger partial charge on any atom is 0.0489 e. The van der Waals surface area contributed by atoms with Crippen molar-refractivity contribution < 1.29 is 4.74 Å². The molecule has 0 spiro atoms.